The quantitative estimate of drug-likeness (QED) is 0.0720. The lowest BCUT2D eigenvalue weighted by Gasteiger charge is -2.23. The van der Waals surface area contributed by atoms with E-state index in [-0.39, 0.29) is 71.3 Å². The average Bonchev–Trinajstić information content (AvgIpc) is 3.77. The van der Waals surface area contributed by atoms with E-state index in [2.05, 4.69) is 4.98 Å². The monoisotopic (exact) mass is 821 g/mol. The van der Waals surface area contributed by atoms with E-state index in [1.165, 1.54) is 28.2 Å². The number of aliphatic hydroxyl groups excluding tert-OH is 1. The number of rotatable bonds is 26. The lowest BCUT2D eigenvalue weighted by Crippen LogP contribution is -2.37. The molecule has 14 heteroatoms. The summed E-state index contributed by atoms with van der Waals surface area (Å²) < 4.78 is 28.9. The van der Waals surface area contributed by atoms with Crippen molar-refractivity contribution in [2.24, 2.45) is 11.8 Å². The summed E-state index contributed by atoms with van der Waals surface area (Å²) in [4.78, 5) is 70.3. The molecule has 1 aromatic heterocycles. The lowest BCUT2D eigenvalue weighted by molar-refractivity contribution is -0.169. The number of carbonyl (C=O) groups excluding carboxylic acids is 5. The molecule has 2 aromatic carbocycles. The predicted molar refractivity (Wildman–Crippen MR) is 220 cm³/mol. The van der Waals surface area contributed by atoms with Crippen molar-refractivity contribution in [3.8, 4) is 0 Å². The Morgan fingerprint density at radius 3 is 1.59 bits per heavy atom. The minimum atomic E-state index is -1.05. The first kappa shape index (κ1) is 48.3. The molecule has 0 bridgehead atoms. The van der Waals surface area contributed by atoms with Crippen LogP contribution in [0.3, 0.4) is 0 Å². The number of aryl methyl sites for hydroxylation is 4. The van der Waals surface area contributed by atoms with Crippen LogP contribution in [-0.4, -0.2) is 107 Å². The fourth-order valence-corrected chi connectivity index (χ4v) is 5.84. The molecular weight excluding hydrogens is 759 g/mol. The van der Waals surface area contributed by atoms with Crippen LogP contribution < -0.4 is 0 Å². The minimum absolute atomic E-state index is 0.0117. The van der Waals surface area contributed by atoms with E-state index in [0.717, 1.165) is 22.3 Å². The molecule has 14 nitrogen and oxygen atoms in total. The van der Waals surface area contributed by atoms with Crippen LogP contribution in [0.25, 0.3) is 0 Å². The third-order valence-electron chi connectivity index (χ3n) is 9.63. The maximum absolute atomic E-state index is 13.3. The summed E-state index contributed by atoms with van der Waals surface area (Å²) >= 11 is 0. The second kappa shape index (κ2) is 26.1. The summed E-state index contributed by atoms with van der Waals surface area (Å²) in [5.41, 5.74) is 4.52. The SMILES string of the molecule is Cc1ccc(CCC(C)C(=O)OCC(COC(=O)C(C)CCc2ccc(C)cc2)OC(=O)CCCN(CCCC(=O)OC(CO)COC(C)C)C(=O)n2ccnc2)cc1. The molecule has 0 radical (unpaired) electrons. The zero-order valence-corrected chi connectivity index (χ0v) is 35.5. The molecule has 3 aromatic rings. The number of hydrogen-bond donors (Lipinski definition) is 1. The first-order valence-electron chi connectivity index (χ1n) is 20.6. The smallest absolute Gasteiger partial charge is 0.329 e. The number of benzene rings is 2. The second-order valence-electron chi connectivity index (χ2n) is 15.3. The Hall–Kier alpha value is -5.08. The van der Waals surface area contributed by atoms with Crippen molar-refractivity contribution >= 4 is 29.9 Å². The van der Waals surface area contributed by atoms with Gasteiger partial charge in [-0.05, 0) is 77.3 Å². The molecule has 3 atom stereocenters. The minimum Gasteiger partial charge on any atom is -0.461 e. The number of ether oxygens (including phenoxy) is 5. The van der Waals surface area contributed by atoms with Gasteiger partial charge < -0.3 is 33.7 Å². The van der Waals surface area contributed by atoms with Gasteiger partial charge in [-0.1, -0.05) is 73.5 Å². The van der Waals surface area contributed by atoms with Crippen LogP contribution in [0.15, 0.2) is 67.3 Å². The molecule has 0 aliphatic heterocycles. The zero-order valence-electron chi connectivity index (χ0n) is 35.5. The van der Waals surface area contributed by atoms with Crippen molar-refractivity contribution in [3.63, 3.8) is 0 Å². The summed E-state index contributed by atoms with van der Waals surface area (Å²) in [5, 5.41) is 9.55. The Morgan fingerprint density at radius 2 is 1.17 bits per heavy atom. The molecule has 1 amide bonds. The molecule has 3 rings (SSSR count). The fourth-order valence-electron chi connectivity index (χ4n) is 5.84. The molecular formula is C45H63N3O11. The number of carbonyl (C=O) groups is 5. The molecule has 0 spiro atoms. The Morgan fingerprint density at radius 1 is 0.695 bits per heavy atom. The molecule has 0 aliphatic carbocycles. The highest BCUT2D eigenvalue weighted by atomic mass is 16.6. The topological polar surface area (TPSA) is 173 Å². The highest BCUT2D eigenvalue weighted by Gasteiger charge is 2.24. The van der Waals surface area contributed by atoms with Gasteiger partial charge in [0.2, 0.25) is 0 Å². The van der Waals surface area contributed by atoms with E-state index >= 15 is 0 Å². The van der Waals surface area contributed by atoms with Gasteiger partial charge in [-0.3, -0.25) is 23.7 Å². The van der Waals surface area contributed by atoms with Crippen molar-refractivity contribution in [1.29, 1.82) is 0 Å². The summed E-state index contributed by atoms with van der Waals surface area (Å²) in [6, 6.07) is 15.8. The van der Waals surface area contributed by atoms with Crippen LogP contribution in [0.5, 0.6) is 0 Å². The molecule has 3 unspecified atom stereocenters. The zero-order chi connectivity index (χ0) is 43.2. The number of hydrogen-bond acceptors (Lipinski definition) is 12. The summed E-state index contributed by atoms with van der Waals surface area (Å²) in [6.45, 7) is 10.7. The van der Waals surface area contributed by atoms with E-state index in [1.807, 2.05) is 76.2 Å². The van der Waals surface area contributed by atoms with Crippen LogP contribution in [0.2, 0.25) is 0 Å². The van der Waals surface area contributed by atoms with Crippen molar-refractivity contribution in [1.82, 2.24) is 14.5 Å². The Labute approximate surface area is 348 Å². The van der Waals surface area contributed by atoms with Gasteiger partial charge in [-0.15, -0.1) is 0 Å². The van der Waals surface area contributed by atoms with E-state index in [1.54, 1.807) is 13.8 Å². The van der Waals surface area contributed by atoms with Crippen molar-refractivity contribution < 1.29 is 52.8 Å². The number of esters is 4. The maximum atomic E-state index is 13.3. The van der Waals surface area contributed by atoms with Gasteiger partial charge in [0.05, 0.1) is 31.2 Å². The van der Waals surface area contributed by atoms with Gasteiger partial charge in [-0.25, -0.2) is 9.78 Å². The van der Waals surface area contributed by atoms with Gasteiger partial charge in [0.1, 0.15) is 25.6 Å². The third kappa shape index (κ3) is 19.0. The molecule has 324 valence electrons. The first-order valence-corrected chi connectivity index (χ1v) is 20.6. The Balaban J connectivity index is 1.56. The summed E-state index contributed by atoms with van der Waals surface area (Å²) in [7, 11) is 0. The number of imidazole rings is 1. The van der Waals surface area contributed by atoms with E-state index in [0.29, 0.717) is 25.7 Å². The lowest BCUT2D eigenvalue weighted by atomic mass is 10.0. The standard InChI is InChI=1S/C45H63N3O11/c1-32(2)55-28-39(27-49)58-41(50)9-7-24-47(45(54)48-26-23-46-31-48)25-8-10-42(51)59-40(29-56-43(52)35(5)15-21-37-17-11-33(3)12-18-37)30-57-44(53)36(6)16-22-38-19-13-34(4)14-20-38/h11-14,17-20,23,26,31-32,35-36,39-40,49H,7-10,15-16,21-22,24-25,27-30H2,1-6H3. The molecule has 0 fully saturated rings. The van der Waals surface area contributed by atoms with Crippen LogP contribution in [-0.2, 0) is 55.7 Å². The Bertz CT molecular complexity index is 1640. The number of aliphatic hydroxyl groups is 1. The van der Waals surface area contributed by atoms with Crippen LogP contribution >= 0.6 is 0 Å². The fraction of sp³-hybridized carbons (Fsp3) is 0.556. The van der Waals surface area contributed by atoms with Crippen molar-refractivity contribution in [3.05, 3.63) is 89.5 Å². The number of amides is 1. The molecule has 0 aliphatic rings. The van der Waals surface area contributed by atoms with Crippen LogP contribution in [0.1, 0.15) is 88.5 Å². The summed E-state index contributed by atoms with van der Waals surface area (Å²) in [5.74, 6) is -2.92. The Kier molecular flexibility index (Phi) is 21.4. The normalized spacial score (nSPS) is 13.2. The highest BCUT2D eigenvalue weighted by molar-refractivity contribution is 5.77. The van der Waals surface area contributed by atoms with Gasteiger partial charge in [0.15, 0.2) is 6.10 Å². The molecule has 59 heavy (non-hydrogen) atoms. The molecule has 1 heterocycles. The average molecular weight is 822 g/mol. The van der Waals surface area contributed by atoms with E-state index in [4.69, 9.17) is 23.7 Å². The van der Waals surface area contributed by atoms with Crippen molar-refractivity contribution in [2.45, 2.75) is 111 Å². The van der Waals surface area contributed by atoms with Crippen LogP contribution in [0.4, 0.5) is 4.79 Å². The molecule has 0 saturated carbocycles. The maximum Gasteiger partial charge on any atom is 0.329 e. The van der Waals surface area contributed by atoms with Gasteiger partial charge in [0, 0.05) is 38.3 Å². The molecule has 0 saturated heterocycles. The number of nitrogens with zero attached hydrogens (tertiary/aromatic N) is 3. The highest BCUT2D eigenvalue weighted by Crippen LogP contribution is 2.16. The largest absolute Gasteiger partial charge is 0.461 e. The van der Waals surface area contributed by atoms with Gasteiger partial charge in [-0.2, -0.15) is 0 Å². The number of aromatic nitrogens is 2. The molecule has 1 N–H and O–H groups in total. The van der Waals surface area contributed by atoms with E-state index in [9.17, 15) is 29.1 Å². The van der Waals surface area contributed by atoms with Gasteiger partial charge >= 0.3 is 29.9 Å². The third-order valence-corrected chi connectivity index (χ3v) is 9.63. The second-order valence-corrected chi connectivity index (χ2v) is 15.3. The first-order chi connectivity index (χ1) is 28.2. The van der Waals surface area contributed by atoms with Crippen LogP contribution in [0, 0.1) is 25.7 Å². The van der Waals surface area contributed by atoms with E-state index < -0.39 is 54.0 Å². The van der Waals surface area contributed by atoms with Gasteiger partial charge in [0.25, 0.3) is 0 Å². The van der Waals surface area contributed by atoms with Crippen molar-refractivity contribution in [2.75, 3.05) is 39.5 Å². The summed E-state index contributed by atoms with van der Waals surface area (Å²) in [6.07, 6.45) is 5.26. The predicted octanol–water partition coefficient (Wildman–Crippen LogP) is 6.20.